The molecule has 0 aromatic heterocycles. The Kier molecular flexibility index (Phi) is 2.16. The Morgan fingerprint density at radius 2 is 1.67 bits per heavy atom. The zero-order chi connectivity index (χ0) is 12.3. The van der Waals surface area contributed by atoms with E-state index in [1.807, 2.05) is 0 Å². The lowest BCUT2D eigenvalue weighted by Crippen LogP contribution is -2.35. The summed E-state index contributed by atoms with van der Waals surface area (Å²) in [5.74, 6) is 2.92. The largest absolute Gasteiger partial charge is 0.493 e. The highest BCUT2D eigenvalue weighted by Gasteiger charge is 2.37. The van der Waals surface area contributed by atoms with Gasteiger partial charge in [-0.3, -0.25) is 0 Å². The second kappa shape index (κ2) is 3.64. The Balaban J connectivity index is 1.90. The maximum Gasteiger partial charge on any atom is 0.126 e. The maximum absolute atomic E-state index is 5.95. The van der Waals surface area contributed by atoms with Crippen molar-refractivity contribution in [1.82, 2.24) is 0 Å². The van der Waals surface area contributed by atoms with Gasteiger partial charge in [0.1, 0.15) is 11.5 Å². The molecule has 2 N–H and O–H groups in total. The predicted octanol–water partition coefficient (Wildman–Crippen LogP) is 2.07. The molecule has 1 fully saturated rings. The number of hydrogen-bond acceptors (Lipinski definition) is 3. The molecule has 3 aliphatic rings. The van der Waals surface area contributed by atoms with Gasteiger partial charge in [0.2, 0.25) is 0 Å². The molecule has 0 spiro atoms. The van der Waals surface area contributed by atoms with Crippen LogP contribution in [0, 0.1) is 6.92 Å². The molecular formula is C15H19NO2. The van der Waals surface area contributed by atoms with Crippen molar-refractivity contribution in [1.29, 1.82) is 0 Å². The molecule has 0 bridgehead atoms. The molecule has 0 saturated heterocycles. The third-order valence-electron chi connectivity index (χ3n) is 4.69. The number of hydrogen-bond donors (Lipinski definition) is 1. The van der Waals surface area contributed by atoms with E-state index in [-0.39, 0.29) is 0 Å². The van der Waals surface area contributed by atoms with Crippen molar-refractivity contribution in [3.8, 4) is 11.5 Å². The Bertz CT molecular complexity index is 483. The van der Waals surface area contributed by atoms with Crippen molar-refractivity contribution in [2.24, 2.45) is 5.73 Å². The number of benzene rings is 1. The third-order valence-corrected chi connectivity index (χ3v) is 4.69. The molecule has 3 nitrogen and oxygen atoms in total. The van der Waals surface area contributed by atoms with E-state index in [9.17, 15) is 0 Å². The average Bonchev–Trinajstić information content (AvgIpc) is 2.94. The van der Waals surface area contributed by atoms with Crippen molar-refractivity contribution in [2.75, 3.05) is 13.2 Å². The highest BCUT2D eigenvalue weighted by molar-refractivity contribution is 5.63. The summed E-state index contributed by atoms with van der Waals surface area (Å²) in [7, 11) is 0. The molecule has 18 heavy (non-hydrogen) atoms. The SMILES string of the molecule is Cc1c2c(c(C3CC(N)C3)c3c1OCC3)OCC2. The predicted molar refractivity (Wildman–Crippen MR) is 69.5 cm³/mol. The van der Waals surface area contributed by atoms with Gasteiger partial charge in [-0.15, -0.1) is 0 Å². The lowest BCUT2D eigenvalue weighted by Gasteiger charge is -2.35. The van der Waals surface area contributed by atoms with E-state index in [1.165, 1.54) is 28.0 Å². The van der Waals surface area contributed by atoms with Crippen molar-refractivity contribution < 1.29 is 9.47 Å². The lowest BCUT2D eigenvalue weighted by molar-refractivity contribution is 0.318. The second-order valence-corrected chi connectivity index (χ2v) is 5.78. The lowest BCUT2D eigenvalue weighted by atomic mass is 9.73. The molecule has 0 amide bonds. The molecular weight excluding hydrogens is 226 g/mol. The van der Waals surface area contributed by atoms with Crippen LogP contribution in [0.5, 0.6) is 11.5 Å². The molecule has 2 aliphatic heterocycles. The van der Waals surface area contributed by atoms with Crippen LogP contribution < -0.4 is 15.2 Å². The molecule has 0 unspecified atom stereocenters. The first-order chi connectivity index (χ1) is 8.75. The first kappa shape index (κ1) is 10.7. The van der Waals surface area contributed by atoms with Crippen LogP contribution in [0.1, 0.15) is 41.0 Å². The summed E-state index contributed by atoms with van der Waals surface area (Å²) >= 11 is 0. The first-order valence-corrected chi connectivity index (χ1v) is 6.95. The van der Waals surface area contributed by atoms with E-state index in [0.717, 1.165) is 44.6 Å². The fourth-order valence-corrected chi connectivity index (χ4v) is 3.70. The minimum atomic E-state index is 0.381. The molecule has 4 rings (SSSR count). The second-order valence-electron chi connectivity index (χ2n) is 5.78. The van der Waals surface area contributed by atoms with Crippen LogP contribution in [-0.4, -0.2) is 19.3 Å². The zero-order valence-electron chi connectivity index (χ0n) is 10.8. The summed E-state index contributed by atoms with van der Waals surface area (Å²) in [5.41, 5.74) is 11.5. The van der Waals surface area contributed by atoms with Crippen LogP contribution >= 0.6 is 0 Å². The van der Waals surface area contributed by atoms with Gasteiger partial charge < -0.3 is 15.2 Å². The van der Waals surface area contributed by atoms with Gasteiger partial charge >= 0.3 is 0 Å². The summed E-state index contributed by atoms with van der Waals surface area (Å²) in [5, 5.41) is 0. The molecule has 1 aromatic carbocycles. The average molecular weight is 245 g/mol. The molecule has 2 heterocycles. The van der Waals surface area contributed by atoms with E-state index in [4.69, 9.17) is 15.2 Å². The van der Waals surface area contributed by atoms with E-state index in [0.29, 0.717) is 12.0 Å². The molecule has 3 heteroatoms. The van der Waals surface area contributed by atoms with Gasteiger partial charge in [-0.2, -0.15) is 0 Å². The number of nitrogens with two attached hydrogens (primary N) is 1. The van der Waals surface area contributed by atoms with Crippen LogP contribution in [0.2, 0.25) is 0 Å². The van der Waals surface area contributed by atoms with Crippen LogP contribution in [0.15, 0.2) is 0 Å². The fourth-order valence-electron chi connectivity index (χ4n) is 3.70. The summed E-state index contributed by atoms with van der Waals surface area (Å²) in [6.07, 6.45) is 4.27. The van der Waals surface area contributed by atoms with Gasteiger partial charge in [0.15, 0.2) is 0 Å². The smallest absolute Gasteiger partial charge is 0.126 e. The quantitative estimate of drug-likeness (QED) is 0.823. The Morgan fingerprint density at radius 1 is 1.00 bits per heavy atom. The number of ether oxygens (including phenoxy) is 2. The molecule has 96 valence electrons. The van der Waals surface area contributed by atoms with E-state index in [2.05, 4.69) is 6.92 Å². The third kappa shape index (κ3) is 1.28. The Morgan fingerprint density at radius 3 is 2.39 bits per heavy atom. The van der Waals surface area contributed by atoms with Crippen LogP contribution in [-0.2, 0) is 12.8 Å². The number of rotatable bonds is 1. The molecule has 1 aliphatic carbocycles. The molecule has 1 aromatic rings. The van der Waals surface area contributed by atoms with Gasteiger partial charge in [-0.1, -0.05) is 0 Å². The van der Waals surface area contributed by atoms with Crippen LogP contribution in [0.25, 0.3) is 0 Å². The zero-order valence-corrected chi connectivity index (χ0v) is 10.8. The standard InChI is InChI=1S/C15H19NO2/c1-8-11-2-4-18-15(11)13(9-6-10(16)7-9)12-3-5-17-14(8)12/h9-10H,2-7,16H2,1H3. The topological polar surface area (TPSA) is 44.5 Å². The summed E-state index contributed by atoms with van der Waals surface area (Å²) < 4.78 is 11.8. The van der Waals surface area contributed by atoms with E-state index >= 15 is 0 Å². The van der Waals surface area contributed by atoms with Gasteiger partial charge in [0, 0.05) is 35.6 Å². The van der Waals surface area contributed by atoms with Gasteiger partial charge in [0.05, 0.1) is 13.2 Å². The van der Waals surface area contributed by atoms with Crippen molar-refractivity contribution in [3.63, 3.8) is 0 Å². The number of fused-ring (bicyclic) bond motifs is 2. The fraction of sp³-hybridized carbons (Fsp3) is 0.600. The normalized spacial score (nSPS) is 28.1. The minimum absolute atomic E-state index is 0.381. The van der Waals surface area contributed by atoms with E-state index in [1.54, 1.807) is 0 Å². The van der Waals surface area contributed by atoms with Crippen LogP contribution in [0.4, 0.5) is 0 Å². The van der Waals surface area contributed by atoms with Gasteiger partial charge in [0.25, 0.3) is 0 Å². The van der Waals surface area contributed by atoms with E-state index < -0.39 is 0 Å². The van der Waals surface area contributed by atoms with Crippen LogP contribution in [0.3, 0.4) is 0 Å². The molecule has 0 atom stereocenters. The monoisotopic (exact) mass is 245 g/mol. The Hall–Kier alpha value is -1.22. The van der Waals surface area contributed by atoms with Gasteiger partial charge in [-0.05, 0) is 31.2 Å². The molecule has 1 saturated carbocycles. The van der Waals surface area contributed by atoms with Crippen molar-refractivity contribution in [3.05, 3.63) is 22.3 Å². The summed E-state index contributed by atoms with van der Waals surface area (Å²) in [4.78, 5) is 0. The van der Waals surface area contributed by atoms with Crippen molar-refractivity contribution >= 4 is 0 Å². The highest BCUT2D eigenvalue weighted by Crippen LogP contribution is 2.51. The maximum atomic E-state index is 5.95. The van der Waals surface area contributed by atoms with Gasteiger partial charge in [-0.25, -0.2) is 0 Å². The first-order valence-electron chi connectivity index (χ1n) is 6.95. The summed E-state index contributed by atoms with van der Waals surface area (Å²) in [6, 6.07) is 0.381. The Labute approximate surface area is 107 Å². The van der Waals surface area contributed by atoms with Crippen molar-refractivity contribution in [2.45, 2.75) is 44.6 Å². The highest BCUT2D eigenvalue weighted by atomic mass is 16.5. The summed E-state index contributed by atoms with van der Waals surface area (Å²) in [6.45, 7) is 3.82. The minimum Gasteiger partial charge on any atom is -0.493 e. The molecule has 0 radical (unpaired) electrons.